The Morgan fingerprint density at radius 3 is 2.80 bits per heavy atom. The fourth-order valence-electron chi connectivity index (χ4n) is 3.46. The number of alkyl halides is 1. The van der Waals surface area contributed by atoms with E-state index in [9.17, 15) is 4.79 Å². The normalized spacial score (nSPS) is 21.1. The van der Waals surface area contributed by atoms with Crippen LogP contribution in [-0.2, 0) is 11.2 Å². The minimum absolute atomic E-state index is 0.151. The van der Waals surface area contributed by atoms with Crippen LogP contribution in [0.15, 0.2) is 18.2 Å². The number of aryl methyl sites for hydroxylation is 1. The molecule has 0 radical (unpaired) electrons. The number of carbonyl (C=O) groups excluding carboxylic acids is 1. The molecular formula is C17H22BrNO. The number of hydrogen-bond acceptors (Lipinski definition) is 1. The molecule has 0 aromatic heterocycles. The zero-order chi connectivity index (χ0) is 13.9. The first-order valence-corrected chi connectivity index (χ1v) is 8.70. The summed E-state index contributed by atoms with van der Waals surface area (Å²) in [5.74, 6) is 1.04. The summed E-state index contributed by atoms with van der Waals surface area (Å²) < 4.78 is 0. The zero-order valence-electron chi connectivity index (χ0n) is 11.8. The lowest BCUT2D eigenvalue weighted by atomic mass is 9.96. The highest BCUT2D eigenvalue weighted by Gasteiger charge is 2.21. The van der Waals surface area contributed by atoms with E-state index in [0.29, 0.717) is 11.2 Å². The number of carbonyl (C=O) groups is 1. The van der Waals surface area contributed by atoms with Crippen LogP contribution >= 0.6 is 15.9 Å². The summed E-state index contributed by atoms with van der Waals surface area (Å²) in [5, 5.41) is 3.01. The molecule has 1 heterocycles. The van der Waals surface area contributed by atoms with Crippen molar-refractivity contribution in [2.24, 2.45) is 5.92 Å². The van der Waals surface area contributed by atoms with E-state index in [1.165, 1.54) is 43.2 Å². The smallest absolute Gasteiger partial charge is 0.224 e. The molecule has 3 heteroatoms. The van der Waals surface area contributed by atoms with E-state index in [1.807, 2.05) is 0 Å². The van der Waals surface area contributed by atoms with Crippen molar-refractivity contribution < 1.29 is 4.79 Å². The van der Waals surface area contributed by atoms with Gasteiger partial charge in [0.15, 0.2) is 0 Å². The van der Waals surface area contributed by atoms with Gasteiger partial charge < -0.3 is 5.32 Å². The molecule has 0 bridgehead atoms. The maximum atomic E-state index is 11.6. The van der Waals surface area contributed by atoms with Crippen LogP contribution in [-0.4, -0.2) is 5.91 Å². The second-order valence-corrected chi connectivity index (χ2v) is 7.28. The van der Waals surface area contributed by atoms with Crippen LogP contribution in [0.1, 0.15) is 60.9 Å². The molecule has 1 aliphatic carbocycles. The van der Waals surface area contributed by atoms with Gasteiger partial charge in [-0.15, -0.1) is 0 Å². The molecule has 1 saturated carbocycles. The highest BCUT2D eigenvalue weighted by Crippen LogP contribution is 2.38. The molecule has 1 amide bonds. The van der Waals surface area contributed by atoms with Gasteiger partial charge in [0.2, 0.25) is 5.91 Å². The van der Waals surface area contributed by atoms with Gasteiger partial charge >= 0.3 is 0 Å². The third-order valence-electron chi connectivity index (χ3n) is 4.63. The van der Waals surface area contributed by atoms with Crippen LogP contribution in [0.5, 0.6) is 0 Å². The Labute approximate surface area is 129 Å². The second-order valence-electron chi connectivity index (χ2n) is 6.17. The van der Waals surface area contributed by atoms with Gasteiger partial charge in [0.1, 0.15) is 0 Å². The van der Waals surface area contributed by atoms with Gasteiger partial charge in [0.05, 0.1) is 0 Å². The van der Waals surface area contributed by atoms with Crippen LogP contribution in [0, 0.1) is 5.92 Å². The Morgan fingerprint density at radius 1 is 1.20 bits per heavy atom. The minimum atomic E-state index is 0.151. The number of benzene rings is 1. The number of amides is 1. The molecule has 20 heavy (non-hydrogen) atoms. The van der Waals surface area contributed by atoms with E-state index in [0.717, 1.165) is 24.4 Å². The number of halogens is 1. The van der Waals surface area contributed by atoms with Gasteiger partial charge in [0, 0.05) is 16.9 Å². The molecule has 2 nitrogen and oxygen atoms in total. The molecule has 3 rings (SSSR count). The highest BCUT2D eigenvalue weighted by molar-refractivity contribution is 9.09. The lowest BCUT2D eigenvalue weighted by Crippen LogP contribution is -2.09. The molecule has 1 aliphatic heterocycles. The zero-order valence-corrected chi connectivity index (χ0v) is 13.4. The molecule has 108 valence electrons. The minimum Gasteiger partial charge on any atom is -0.326 e. The van der Waals surface area contributed by atoms with Crippen molar-refractivity contribution in [3.63, 3.8) is 0 Å². The third-order valence-corrected chi connectivity index (χ3v) is 5.53. The van der Waals surface area contributed by atoms with E-state index in [4.69, 9.17) is 0 Å². The average Bonchev–Trinajstić information content (AvgIpc) is 2.85. The average molecular weight is 336 g/mol. The Kier molecular flexibility index (Phi) is 4.45. The van der Waals surface area contributed by atoms with E-state index in [1.54, 1.807) is 0 Å². The summed E-state index contributed by atoms with van der Waals surface area (Å²) in [6.07, 6.45) is 9.44. The van der Waals surface area contributed by atoms with E-state index >= 15 is 0 Å². The first-order chi connectivity index (χ1) is 9.72. The van der Waals surface area contributed by atoms with Crippen LogP contribution in [0.25, 0.3) is 0 Å². The van der Waals surface area contributed by atoms with Crippen molar-refractivity contribution in [3.8, 4) is 0 Å². The predicted molar refractivity (Wildman–Crippen MR) is 86.3 cm³/mol. The first-order valence-electron chi connectivity index (χ1n) is 7.79. The Bertz CT molecular complexity index is 494. The maximum Gasteiger partial charge on any atom is 0.224 e. The topological polar surface area (TPSA) is 29.1 Å². The van der Waals surface area contributed by atoms with Crippen LogP contribution < -0.4 is 5.32 Å². The lowest BCUT2D eigenvalue weighted by Gasteiger charge is -2.17. The summed E-state index contributed by atoms with van der Waals surface area (Å²) in [7, 11) is 0. The monoisotopic (exact) mass is 335 g/mol. The fraction of sp³-hybridized carbons (Fsp3) is 0.588. The number of nitrogens with one attached hydrogen (secondary N) is 1. The van der Waals surface area contributed by atoms with Gasteiger partial charge in [-0.2, -0.15) is 0 Å². The Morgan fingerprint density at radius 2 is 2.00 bits per heavy atom. The summed E-state index contributed by atoms with van der Waals surface area (Å²) in [6.45, 7) is 0. The quantitative estimate of drug-likeness (QED) is 0.775. The molecule has 1 fully saturated rings. The molecule has 1 aromatic carbocycles. The maximum absolute atomic E-state index is 11.6. The second kappa shape index (κ2) is 6.30. The standard InChI is InChI=1S/C17H22BrNO/c18-15(10-12-4-1-2-5-12)13-8-9-16-14(11-13)6-3-7-17(20)19-16/h8-9,11-12,15H,1-7,10H2,(H,19,20). The number of anilines is 1. The van der Waals surface area contributed by atoms with Crippen molar-refractivity contribution in [1.82, 2.24) is 0 Å². The number of fused-ring (bicyclic) bond motifs is 1. The summed E-state index contributed by atoms with van der Waals surface area (Å²) in [5.41, 5.74) is 3.67. The summed E-state index contributed by atoms with van der Waals surface area (Å²) >= 11 is 3.87. The fourth-order valence-corrected chi connectivity index (χ4v) is 4.28. The lowest BCUT2D eigenvalue weighted by molar-refractivity contribution is -0.116. The van der Waals surface area contributed by atoms with Gasteiger partial charge in [-0.25, -0.2) is 0 Å². The molecule has 0 saturated heterocycles. The molecule has 1 N–H and O–H groups in total. The van der Waals surface area contributed by atoms with Gasteiger partial charge in [-0.1, -0.05) is 53.7 Å². The number of rotatable bonds is 3. The largest absolute Gasteiger partial charge is 0.326 e. The molecule has 1 atom stereocenters. The predicted octanol–water partition coefficient (Wildman–Crippen LogP) is 4.98. The Balaban J connectivity index is 1.73. The van der Waals surface area contributed by atoms with Gasteiger partial charge in [-0.05, 0) is 42.4 Å². The number of hydrogen-bond donors (Lipinski definition) is 1. The van der Waals surface area contributed by atoms with Crippen molar-refractivity contribution in [3.05, 3.63) is 29.3 Å². The van der Waals surface area contributed by atoms with Gasteiger partial charge in [-0.3, -0.25) is 4.79 Å². The highest BCUT2D eigenvalue weighted by atomic mass is 79.9. The van der Waals surface area contributed by atoms with Crippen LogP contribution in [0.2, 0.25) is 0 Å². The molecule has 0 spiro atoms. The van der Waals surface area contributed by atoms with Crippen LogP contribution in [0.3, 0.4) is 0 Å². The van der Waals surface area contributed by atoms with Gasteiger partial charge in [0.25, 0.3) is 0 Å². The molecule has 1 aromatic rings. The molecule has 2 aliphatic rings. The van der Waals surface area contributed by atoms with E-state index in [-0.39, 0.29) is 5.91 Å². The SMILES string of the molecule is O=C1CCCc2cc(C(Br)CC3CCCC3)ccc2N1. The third kappa shape index (κ3) is 3.25. The van der Waals surface area contributed by atoms with Crippen molar-refractivity contribution in [2.75, 3.05) is 5.32 Å². The molecule has 1 unspecified atom stereocenters. The van der Waals surface area contributed by atoms with E-state index < -0.39 is 0 Å². The molecular weight excluding hydrogens is 314 g/mol. The van der Waals surface area contributed by atoms with Crippen LogP contribution in [0.4, 0.5) is 5.69 Å². The first kappa shape index (κ1) is 14.1. The Hall–Kier alpha value is -0.830. The van der Waals surface area contributed by atoms with E-state index in [2.05, 4.69) is 39.4 Å². The van der Waals surface area contributed by atoms with Crippen molar-refractivity contribution in [1.29, 1.82) is 0 Å². The van der Waals surface area contributed by atoms with Crippen molar-refractivity contribution in [2.45, 2.75) is 56.2 Å². The van der Waals surface area contributed by atoms with Crippen molar-refractivity contribution >= 4 is 27.5 Å². The summed E-state index contributed by atoms with van der Waals surface area (Å²) in [4.78, 5) is 12.0. The summed E-state index contributed by atoms with van der Waals surface area (Å²) in [6, 6.07) is 6.53.